The molecule has 4 aromatic rings. The number of amides is 1. The number of benzene rings is 2. The van der Waals surface area contributed by atoms with Crippen LogP contribution in [0.25, 0.3) is 0 Å². The zero-order valence-electron chi connectivity index (χ0n) is 16.9. The number of hydrogen-bond donors (Lipinski definition) is 0. The molecular formula is C23H22N4OS2. The molecule has 4 rings (SSSR count). The Bertz CT molecular complexity index is 1140. The number of carbonyl (C=O) groups is 1. The molecule has 0 aliphatic rings. The van der Waals surface area contributed by atoms with Crippen molar-refractivity contribution in [1.29, 1.82) is 0 Å². The summed E-state index contributed by atoms with van der Waals surface area (Å²) in [5.41, 5.74) is 4.13. The molecule has 2 aromatic carbocycles. The van der Waals surface area contributed by atoms with Crippen molar-refractivity contribution < 1.29 is 4.79 Å². The number of hydrogen-bond acceptors (Lipinski definition) is 5. The number of nitrogens with zero attached hydrogens (tertiary/aromatic N) is 4. The van der Waals surface area contributed by atoms with E-state index in [1.807, 2.05) is 67.2 Å². The van der Waals surface area contributed by atoms with Crippen molar-refractivity contribution in [2.75, 3.05) is 4.90 Å². The normalized spacial score (nSPS) is 10.9. The molecule has 0 aliphatic heterocycles. The SMILES string of the molecule is CC(=O)N(c1cccc(C)c1)c1nc(CSc2nccn2Cc2ccccc2)cs1. The highest BCUT2D eigenvalue weighted by Gasteiger charge is 2.18. The number of thioether (sulfide) groups is 1. The van der Waals surface area contributed by atoms with Crippen LogP contribution in [0.1, 0.15) is 23.7 Å². The van der Waals surface area contributed by atoms with Crippen molar-refractivity contribution in [2.45, 2.75) is 31.3 Å². The van der Waals surface area contributed by atoms with Gasteiger partial charge in [-0.3, -0.25) is 9.69 Å². The van der Waals surface area contributed by atoms with E-state index in [-0.39, 0.29) is 5.91 Å². The number of rotatable bonds is 7. The molecule has 0 atom stereocenters. The maximum atomic E-state index is 12.3. The maximum absolute atomic E-state index is 12.3. The lowest BCUT2D eigenvalue weighted by Crippen LogP contribution is -2.22. The standard InChI is InChI=1S/C23H22N4OS2/c1-17-7-6-10-21(13-17)27(18(2)28)23-25-20(16-30-23)15-29-22-24-11-12-26(22)14-19-8-4-3-5-9-19/h3-13,16H,14-15H2,1-2H3. The topological polar surface area (TPSA) is 51.0 Å². The summed E-state index contributed by atoms with van der Waals surface area (Å²) < 4.78 is 2.14. The number of thiazole rings is 1. The van der Waals surface area contributed by atoms with Crippen LogP contribution in [0, 0.1) is 6.92 Å². The van der Waals surface area contributed by atoms with E-state index >= 15 is 0 Å². The Labute approximate surface area is 184 Å². The van der Waals surface area contributed by atoms with Gasteiger partial charge in [-0.15, -0.1) is 11.3 Å². The molecule has 0 fully saturated rings. The summed E-state index contributed by atoms with van der Waals surface area (Å²) in [6, 6.07) is 18.2. The number of anilines is 2. The Kier molecular flexibility index (Phi) is 6.30. The van der Waals surface area contributed by atoms with Crippen molar-refractivity contribution in [2.24, 2.45) is 0 Å². The second-order valence-corrected chi connectivity index (χ2v) is 8.71. The van der Waals surface area contributed by atoms with Gasteiger partial charge in [-0.25, -0.2) is 9.97 Å². The van der Waals surface area contributed by atoms with E-state index in [9.17, 15) is 4.79 Å². The van der Waals surface area contributed by atoms with Crippen LogP contribution in [0.3, 0.4) is 0 Å². The van der Waals surface area contributed by atoms with Crippen LogP contribution in [0.5, 0.6) is 0 Å². The molecule has 0 saturated carbocycles. The van der Waals surface area contributed by atoms with Crippen molar-refractivity contribution in [3.63, 3.8) is 0 Å². The van der Waals surface area contributed by atoms with Crippen LogP contribution >= 0.6 is 23.1 Å². The highest BCUT2D eigenvalue weighted by Crippen LogP contribution is 2.31. The van der Waals surface area contributed by atoms with Gasteiger partial charge in [0, 0.05) is 37.0 Å². The van der Waals surface area contributed by atoms with Gasteiger partial charge in [-0.1, -0.05) is 54.2 Å². The largest absolute Gasteiger partial charge is 0.322 e. The van der Waals surface area contributed by atoms with Gasteiger partial charge in [0.25, 0.3) is 0 Å². The van der Waals surface area contributed by atoms with Gasteiger partial charge < -0.3 is 4.57 Å². The maximum Gasteiger partial charge on any atom is 0.230 e. The molecule has 0 unspecified atom stereocenters. The molecule has 7 heteroatoms. The predicted octanol–water partition coefficient (Wildman–Crippen LogP) is 5.67. The van der Waals surface area contributed by atoms with E-state index in [1.54, 1.807) is 23.6 Å². The number of aryl methyl sites for hydroxylation is 1. The molecule has 1 amide bonds. The zero-order chi connectivity index (χ0) is 20.9. The zero-order valence-corrected chi connectivity index (χ0v) is 18.5. The van der Waals surface area contributed by atoms with Crippen LogP contribution in [0.4, 0.5) is 10.8 Å². The highest BCUT2D eigenvalue weighted by molar-refractivity contribution is 7.98. The van der Waals surface area contributed by atoms with Crippen molar-refractivity contribution in [3.8, 4) is 0 Å². The summed E-state index contributed by atoms with van der Waals surface area (Å²) in [4.78, 5) is 23.2. The molecular weight excluding hydrogens is 412 g/mol. The van der Waals surface area contributed by atoms with Crippen LogP contribution in [0.15, 0.2) is 77.5 Å². The van der Waals surface area contributed by atoms with Crippen molar-refractivity contribution in [1.82, 2.24) is 14.5 Å². The average Bonchev–Trinajstić information content (AvgIpc) is 3.37. The minimum Gasteiger partial charge on any atom is -0.322 e. The summed E-state index contributed by atoms with van der Waals surface area (Å²) in [6.45, 7) is 4.37. The Morgan fingerprint density at radius 3 is 2.77 bits per heavy atom. The second kappa shape index (κ2) is 9.28. The van der Waals surface area contributed by atoms with Gasteiger partial charge in [-0.05, 0) is 30.2 Å². The Morgan fingerprint density at radius 1 is 1.17 bits per heavy atom. The minimum atomic E-state index is -0.0486. The van der Waals surface area contributed by atoms with E-state index in [1.165, 1.54) is 16.9 Å². The van der Waals surface area contributed by atoms with Gasteiger partial charge in [0.1, 0.15) is 0 Å². The molecule has 2 aromatic heterocycles. The first-order valence-corrected chi connectivity index (χ1v) is 11.5. The third-order valence-corrected chi connectivity index (χ3v) is 6.44. The first-order chi connectivity index (χ1) is 14.6. The van der Waals surface area contributed by atoms with Crippen LogP contribution in [0.2, 0.25) is 0 Å². The Hall–Kier alpha value is -2.90. The summed E-state index contributed by atoms with van der Waals surface area (Å²) in [5.74, 6) is 0.648. The molecule has 0 saturated heterocycles. The van der Waals surface area contributed by atoms with E-state index in [2.05, 4.69) is 21.7 Å². The van der Waals surface area contributed by atoms with Crippen molar-refractivity contribution in [3.05, 3.63) is 89.2 Å². The lowest BCUT2D eigenvalue weighted by Gasteiger charge is -2.18. The molecule has 30 heavy (non-hydrogen) atoms. The van der Waals surface area contributed by atoms with Gasteiger partial charge in [0.15, 0.2) is 10.3 Å². The minimum absolute atomic E-state index is 0.0486. The smallest absolute Gasteiger partial charge is 0.230 e. The Morgan fingerprint density at radius 2 is 2.00 bits per heavy atom. The van der Waals surface area contributed by atoms with Crippen LogP contribution in [-0.4, -0.2) is 20.4 Å². The predicted molar refractivity (Wildman–Crippen MR) is 123 cm³/mol. The molecule has 5 nitrogen and oxygen atoms in total. The van der Waals surface area contributed by atoms with Gasteiger partial charge >= 0.3 is 0 Å². The first kappa shape index (κ1) is 20.4. The average molecular weight is 435 g/mol. The van der Waals surface area contributed by atoms with Gasteiger partial charge in [-0.2, -0.15) is 0 Å². The van der Waals surface area contributed by atoms with E-state index < -0.39 is 0 Å². The fraction of sp³-hybridized carbons (Fsp3) is 0.174. The summed E-state index contributed by atoms with van der Waals surface area (Å²) in [7, 11) is 0. The monoisotopic (exact) mass is 434 g/mol. The fourth-order valence-corrected chi connectivity index (χ4v) is 4.98. The first-order valence-electron chi connectivity index (χ1n) is 9.60. The summed E-state index contributed by atoms with van der Waals surface area (Å²) in [5, 5.41) is 3.66. The summed E-state index contributed by atoms with van der Waals surface area (Å²) >= 11 is 3.13. The third-order valence-electron chi connectivity index (χ3n) is 4.53. The number of carbonyl (C=O) groups excluding carboxylic acids is 1. The lowest BCUT2D eigenvalue weighted by atomic mass is 10.2. The quantitative estimate of drug-likeness (QED) is 0.352. The fourth-order valence-electron chi connectivity index (χ4n) is 3.13. The van der Waals surface area contributed by atoms with Crippen LogP contribution in [-0.2, 0) is 17.1 Å². The molecule has 152 valence electrons. The van der Waals surface area contributed by atoms with Gasteiger partial charge in [0.2, 0.25) is 5.91 Å². The second-order valence-electron chi connectivity index (χ2n) is 6.93. The molecule has 0 aliphatic carbocycles. The van der Waals surface area contributed by atoms with Gasteiger partial charge in [0.05, 0.1) is 11.4 Å². The molecule has 0 N–H and O–H groups in total. The highest BCUT2D eigenvalue weighted by atomic mass is 32.2. The molecule has 2 heterocycles. The summed E-state index contributed by atoms with van der Waals surface area (Å²) in [6.07, 6.45) is 3.82. The Balaban J connectivity index is 1.46. The third kappa shape index (κ3) is 4.80. The lowest BCUT2D eigenvalue weighted by molar-refractivity contribution is -0.115. The van der Waals surface area contributed by atoms with E-state index in [0.717, 1.165) is 28.6 Å². The molecule has 0 bridgehead atoms. The number of aromatic nitrogens is 3. The number of imidazole rings is 1. The molecule has 0 spiro atoms. The van der Waals surface area contributed by atoms with E-state index in [0.29, 0.717) is 10.9 Å². The van der Waals surface area contributed by atoms with Crippen LogP contribution < -0.4 is 4.90 Å². The molecule has 0 radical (unpaired) electrons. The van der Waals surface area contributed by atoms with Crippen molar-refractivity contribution >= 4 is 39.8 Å². The van der Waals surface area contributed by atoms with E-state index in [4.69, 9.17) is 4.98 Å².